The van der Waals surface area contributed by atoms with Crippen molar-refractivity contribution in [3.05, 3.63) is 33.9 Å². The van der Waals surface area contributed by atoms with Gasteiger partial charge in [0, 0.05) is 24.5 Å². The van der Waals surface area contributed by atoms with Crippen LogP contribution in [0.1, 0.15) is 69.2 Å². The Bertz CT molecular complexity index is 666. The third kappa shape index (κ3) is 3.80. The molecule has 0 unspecified atom stereocenters. The first-order valence-corrected chi connectivity index (χ1v) is 8.48. The molecule has 0 aliphatic carbocycles. The van der Waals surface area contributed by atoms with Crippen molar-refractivity contribution in [3.63, 3.8) is 0 Å². The summed E-state index contributed by atoms with van der Waals surface area (Å²) in [6, 6.07) is 0. The first-order valence-electron chi connectivity index (χ1n) is 8.48. The van der Waals surface area contributed by atoms with Gasteiger partial charge in [-0.1, -0.05) is 12.8 Å². The minimum Gasteiger partial charge on any atom is -0.298 e. The molecule has 0 N–H and O–H groups in total. The van der Waals surface area contributed by atoms with Gasteiger partial charge in [0.25, 0.3) is 0 Å². The molecule has 0 aliphatic heterocycles. The molecule has 6 nitrogen and oxygen atoms in total. The van der Waals surface area contributed by atoms with Crippen molar-refractivity contribution in [1.29, 1.82) is 0 Å². The van der Waals surface area contributed by atoms with E-state index in [4.69, 9.17) is 0 Å². The molecule has 0 fully saturated rings. The number of nitrogens with zero attached hydrogens (tertiary/aromatic N) is 4. The smallest absolute Gasteiger partial charge is 0.153 e. The molecule has 0 saturated carbocycles. The van der Waals surface area contributed by atoms with E-state index in [1.54, 1.807) is 0 Å². The minimum absolute atomic E-state index is 0.713. The fourth-order valence-corrected chi connectivity index (χ4v) is 3.07. The lowest BCUT2D eigenvalue weighted by atomic mass is 10.2. The molecule has 6 heteroatoms. The Kier molecular flexibility index (Phi) is 6.06. The number of hydrogen-bond donors (Lipinski definition) is 0. The third-order valence-electron chi connectivity index (χ3n) is 4.60. The first kappa shape index (κ1) is 18.1. The number of aldehydes is 2. The maximum Gasteiger partial charge on any atom is 0.153 e. The van der Waals surface area contributed by atoms with Gasteiger partial charge in [0.05, 0.1) is 22.5 Å². The summed E-state index contributed by atoms with van der Waals surface area (Å²) in [6.07, 6.45) is 6.06. The van der Waals surface area contributed by atoms with E-state index in [1.165, 1.54) is 0 Å². The van der Waals surface area contributed by atoms with Crippen LogP contribution in [0.4, 0.5) is 0 Å². The highest BCUT2D eigenvalue weighted by atomic mass is 16.1. The van der Waals surface area contributed by atoms with Gasteiger partial charge in [-0.05, 0) is 40.5 Å². The van der Waals surface area contributed by atoms with Gasteiger partial charge < -0.3 is 0 Å². The van der Waals surface area contributed by atoms with E-state index in [1.807, 2.05) is 37.1 Å². The Labute approximate surface area is 142 Å². The lowest BCUT2D eigenvalue weighted by Gasteiger charge is -2.06. The molecule has 130 valence electrons. The zero-order valence-electron chi connectivity index (χ0n) is 15.0. The molecule has 0 bridgehead atoms. The van der Waals surface area contributed by atoms with E-state index in [9.17, 15) is 9.59 Å². The molecule has 24 heavy (non-hydrogen) atoms. The lowest BCUT2D eigenvalue weighted by molar-refractivity contribution is 0.111. The van der Waals surface area contributed by atoms with E-state index in [0.29, 0.717) is 11.1 Å². The number of unbranched alkanes of at least 4 members (excludes halogenated alkanes) is 3. The Morgan fingerprint density at radius 2 is 1.08 bits per heavy atom. The van der Waals surface area contributed by atoms with Gasteiger partial charge in [-0.3, -0.25) is 19.0 Å². The van der Waals surface area contributed by atoms with Crippen LogP contribution < -0.4 is 0 Å². The third-order valence-corrected chi connectivity index (χ3v) is 4.60. The second kappa shape index (κ2) is 8.04. The van der Waals surface area contributed by atoms with Crippen molar-refractivity contribution >= 4 is 12.6 Å². The predicted molar refractivity (Wildman–Crippen MR) is 92.6 cm³/mol. The quantitative estimate of drug-likeness (QED) is 0.523. The highest BCUT2D eigenvalue weighted by molar-refractivity contribution is 5.78. The van der Waals surface area contributed by atoms with Crippen molar-refractivity contribution in [3.8, 4) is 0 Å². The highest BCUT2D eigenvalue weighted by Gasteiger charge is 2.11. The van der Waals surface area contributed by atoms with Crippen LogP contribution in [0.5, 0.6) is 0 Å². The standard InChI is InChI=1S/C18H26N4O2/c1-13-17(11-23)15(3)21(19-13)9-7-5-6-8-10-22-16(4)18(12-24)14(2)20-22/h11-12H,5-10H2,1-4H3. The summed E-state index contributed by atoms with van der Waals surface area (Å²) in [5.41, 5.74) is 4.94. The van der Waals surface area contributed by atoms with Crippen LogP contribution in [0, 0.1) is 27.7 Å². The minimum atomic E-state index is 0.713. The van der Waals surface area contributed by atoms with Crippen LogP contribution in [0.3, 0.4) is 0 Å². The van der Waals surface area contributed by atoms with Gasteiger partial charge >= 0.3 is 0 Å². The Morgan fingerprint density at radius 1 is 0.708 bits per heavy atom. The molecule has 0 amide bonds. The Morgan fingerprint density at radius 3 is 1.38 bits per heavy atom. The van der Waals surface area contributed by atoms with Crippen LogP contribution in [-0.2, 0) is 13.1 Å². The Hall–Kier alpha value is -2.24. The van der Waals surface area contributed by atoms with E-state index >= 15 is 0 Å². The summed E-state index contributed by atoms with van der Waals surface area (Å²) in [5, 5.41) is 8.84. The second-order valence-electron chi connectivity index (χ2n) is 6.27. The molecule has 0 radical (unpaired) electrons. The van der Waals surface area contributed by atoms with Crippen molar-refractivity contribution in [2.75, 3.05) is 0 Å². The number of hydrogen-bond acceptors (Lipinski definition) is 4. The van der Waals surface area contributed by atoms with Crippen LogP contribution in [0.25, 0.3) is 0 Å². The molecular weight excluding hydrogens is 304 g/mol. The largest absolute Gasteiger partial charge is 0.298 e. The Balaban J connectivity index is 1.74. The monoisotopic (exact) mass is 330 g/mol. The van der Waals surface area contributed by atoms with Crippen molar-refractivity contribution < 1.29 is 9.59 Å². The van der Waals surface area contributed by atoms with E-state index < -0.39 is 0 Å². The van der Waals surface area contributed by atoms with E-state index in [2.05, 4.69) is 10.2 Å². The van der Waals surface area contributed by atoms with Crippen LogP contribution >= 0.6 is 0 Å². The predicted octanol–water partition coefficient (Wildman–Crippen LogP) is 3.20. The molecule has 0 spiro atoms. The fourth-order valence-electron chi connectivity index (χ4n) is 3.07. The highest BCUT2D eigenvalue weighted by Crippen LogP contribution is 2.14. The maximum atomic E-state index is 11.0. The fraction of sp³-hybridized carbons (Fsp3) is 0.556. The summed E-state index contributed by atoms with van der Waals surface area (Å²) < 4.78 is 3.85. The number of rotatable bonds is 9. The zero-order chi connectivity index (χ0) is 17.7. The van der Waals surface area contributed by atoms with Crippen LogP contribution in [-0.4, -0.2) is 32.1 Å². The molecule has 2 aromatic heterocycles. The van der Waals surface area contributed by atoms with Gasteiger partial charge in [0.15, 0.2) is 12.6 Å². The van der Waals surface area contributed by atoms with E-state index in [0.717, 1.165) is 74.1 Å². The van der Waals surface area contributed by atoms with Gasteiger partial charge in [0.1, 0.15) is 0 Å². The molecule has 0 aliphatic rings. The lowest BCUT2D eigenvalue weighted by Crippen LogP contribution is -2.05. The maximum absolute atomic E-state index is 11.0. The summed E-state index contributed by atoms with van der Waals surface area (Å²) in [5.74, 6) is 0. The molecule has 0 saturated heterocycles. The SMILES string of the molecule is Cc1nn(CCCCCCn2nc(C)c(C=O)c2C)c(C)c1C=O. The van der Waals surface area contributed by atoms with Crippen molar-refractivity contribution in [1.82, 2.24) is 19.6 Å². The first-order chi connectivity index (χ1) is 11.5. The average molecular weight is 330 g/mol. The van der Waals surface area contributed by atoms with Crippen molar-refractivity contribution in [2.24, 2.45) is 0 Å². The number of carbonyl (C=O) groups excluding carboxylic acids is 2. The summed E-state index contributed by atoms with van der Waals surface area (Å²) >= 11 is 0. The summed E-state index contributed by atoms with van der Waals surface area (Å²) in [6.45, 7) is 9.31. The van der Waals surface area contributed by atoms with Crippen LogP contribution in [0.2, 0.25) is 0 Å². The zero-order valence-corrected chi connectivity index (χ0v) is 15.0. The molecule has 2 heterocycles. The molecule has 0 aromatic carbocycles. The number of carbonyl (C=O) groups is 2. The molecule has 2 rings (SSSR count). The van der Waals surface area contributed by atoms with Gasteiger partial charge in [-0.2, -0.15) is 10.2 Å². The van der Waals surface area contributed by atoms with E-state index in [-0.39, 0.29) is 0 Å². The summed E-state index contributed by atoms with van der Waals surface area (Å²) in [7, 11) is 0. The van der Waals surface area contributed by atoms with Crippen molar-refractivity contribution in [2.45, 2.75) is 66.5 Å². The summed E-state index contributed by atoms with van der Waals surface area (Å²) in [4.78, 5) is 22.0. The van der Waals surface area contributed by atoms with Gasteiger partial charge in [-0.15, -0.1) is 0 Å². The molecule has 2 aromatic rings. The molecular formula is C18H26N4O2. The number of aromatic nitrogens is 4. The average Bonchev–Trinajstić information content (AvgIpc) is 2.98. The second-order valence-corrected chi connectivity index (χ2v) is 6.27. The van der Waals surface area contributed by atoms with Crippen LogP contribution in [0.15, 0.2) is 0 Å². The normalized spacial score (nSPS) is 11.0. The topological polar surface area (TPSA) is 69.8 Å². The number of aryl methyl sites for hydroxylation is 4. The van der Waals surface area contributed by atoms with Gasteiger partial charge in [0.2, 0.25) is 0 Å². The van der Waals surface area contributed by atoms with Gasteiger partial charge in [-0.25, -0.2) is 0 Å². The molecule has 0 atom stereocenters.